The number of anilines is 1. The van der Waals surface area contributed by atoms with Crippen molar-refractivity contribution in [2.75, 3.05) is 16.8 Å². The number of amides is 1. The molecule has 0 aromatic heterocycles. The largest absolute Gasteiger partial charge is 0.481 e. The van der Waals surface area contributed by atoms with E-state index in [4.69, 9.17) is 5.11 Å². The molecule has 0 bridgehead atoms. The summed E-state index contributed by atoms with van der Waals surface area (Å²) in [6.45, 7) is 2.05. The smallest absolute Gasteiger partial charge is 0.303 e. The van der Waals surface area contributed by atoms with Crippen LogP contribution in [-0.2, 0) is 26.8 Å². The lowest BCUT2D eigenvalue weighted by molar-refractivity contribution is -0.137. The molecule has 1 atom stereocenters. The molecule has 0 aliphatic carbocycles. The Labute approximate surface area is 120 Å². The van der Waals surface area contributed by atoms with Gasteiger partial charge in [0.1, 0.15) is 5.75 Å². The molecular formula is C14H19NO4S. The van der Waals surface area contributed by atoms with Gasteiger partial charge in [-0.3, -0.25) is 13.8 Å². The van der Waals surface area contributed by atoms with E-state index in [1.54, 1.807) is 0 Å². The molecule has 0 heterocycles. The maximum absolute atomic E-state index is 11.7. The van der Waals surface area contributed by atoms with Gasteiger partial charge in [0.05, 0.1) is 0 Å². The van der Waals surface area contributed by atoms with E-state index in [-0.39, 0.29) is 23.8 Å². The topological polar surface area (TPSA) is 83.5 Å². The first-order chi connectivity index (χ1) is 9.51. The number of carboxylic acids is 1. The van der Waals surface area contributed by atoms with Crippen LogP contribution in [0.5, 0.6) is 0 Å². The van der Waals surface area contributed by atoms with Crippen LogP contribution in [0.4, 0.5) is 5.69 Å². The number of aryl methyl sites for hydroxylation is 1. The summed E-state index contributed by atoms with van der Waals surface area (Å²) in [7, 11) is -1.32. The predicted molar refractivity (Wildman–Crippen MR) is 79.2 cm³/mol. The van der Waals surface area contributed by atoms with Gasteiger partial charge in [-0.15, -0.1) is 0 Å². The zero-order chi connectivity index (χ0) is 15.0. The summed E-state index contributed by atoms with van der Waals surface area (Å²) in [5.41, 5.74) is 1.86. The molecule has 0 saturated heterocycles. The maximum atomic E-state index is 11.7. The molecule has 0 radical (unpaired) electrons. The molecule has 0 aliphatic heterocycles. The molecule has 1 aromatic carbocycles. The third-order valence-electron chi connectivity index (χ3n) is 2.70. The number of carboxylic acid groups (broad SMARTS) is 1. The van der Waals surface area contributed by atoms with E-state index in [0.717, 1.165) is 6.42 Å². The second kappa shape index (κ2) is 8.47. The Morgan fingerprint density at radius 3 is 2.45 bits per heavy atom. The Kier molecular flexibility index (Phi) is 6.93. The van der Waals surface area contributed by atoms with Crippen LogP contribution in [0.2, 0.25) is 0 Å². The van der Waals surface area contributed by atoms with Crippen molar-refractivity contribution in [1.82, 2.24) is 0 Å². The number of nitrogens with one attached hydrogen (secondary N) is 1. The first-order valence-electron chi connectivity index (χ1n) is 6.47. The number of benzene rings is 1. The van der Waals surface area contributed by atoms with Gasteiger partial charge in [-0.1, -0.05) is 19.1 Å². The number of carbonyl (C=O) groups excluding carboxylic acids is 1. The number of hydrogen-bond donors (Lipinski definition) is 2. The van der Waals surface area contributed by atoms with E-state index in [1.165, 1.54) is 5.56 Å². The summed E-state index contributed by atoms with van der Waals surface area (Å²) in [6, 6.07) is 7.48. The normalized spacial score (nSPS) is 11.8. The highest BCUT2D eigenvalue weighted by Gasteiger charge is 2.09. The van der Waals surface area contributed by atoms with Gasteiger partial charge in [0.15, 0.2) is 0 Å². The van der Waals surface area contributed by atoms with Crippen LogP contribution in [0, 0.1) is 0 Å². The minimum absolute atomic E-state index is 0.0220. The van der Waals surface area contributed by atoms with Crippen molar-refractivity contribution in [2.24, 2.45) is 0 Å². The highest BCUT2D eigenvalue weighted by atomic mass is 32.2. The summed E-state index contributed by atoms with van der Waals surface area (Å²) in [5, 5.41) is 11.1. The van der Waals surface area contributed by atoms with Gasteiger partial charge in [0.2, 0.25) is 5.91 Å². The molecular weight excluding hydrogens is 278 g/mol. The Morgan fingerprint density at radius 2 is 1.90 bits per heavy atom. The molecule has 6 heteroatoms. The standard InChI is InChI=1S/C14H19NO4S/c1-2-11-5-7-12(8-6-11)15-13(16)10-20(19)9-3-4-14(17)18/h5-8H,2-4,9-10H2,1H3,(H,15,16)(H,17,18). The minimum Gasteiger partial charge on any atom is -0.481 e. The number of aliphatic carboxylic acids is 1. The first kappa shape index (κ1) is 16.4. The van der Waals surface area contributed by atoms with Crippen molar-refractivity contribution in [1.29, 1.82) is 0 Å². The zero-order valence-corrected chi connectivity index (χ0v) is 12.2. The second-order valence-corrected chi connectivity index (χ2v) is 5.96. The van der Waals surface area contributed by atoms with Crippen molar-refractivity contribution in [3.63, 3.8) is 0 Å². The van der Waals surface area contributed by atoms with E-state index >= 15 is 0 Å². The van der Waals surface area contributed by atoms with Crippen LogP contribution in [-0.4, -0.2) is 32.7 Å². The molecule has 20 heavy (non-hydrogen) atoms. The summed E-state index contributed by atoms with van der Waals surface area (Å²) < 4.78 is 11.6. The van der Waals surface area contributed by atoms with Gasteiger partial charge in [-0.05, 0) is 30.5 Å². The lowest BCUT2D eigenvalue weighted by Gasteiger charge is -2.06. The van der Waals surface area contributed by atoms with Crippen LogP contribution in [0.15, 0.2) is 24.3 Å². The van der Waals surface area contributed by atoms with Gasteiger partial charge < -0.3 is 10.4 Å². The number of hydrogen-bond acceptors (Lipinski definition) is 3. The van der Waals surface area contributed by atoms with Gasteiger partial charge in [-0.25, -0.2) is 0 Å². The van der Waals surface area contributed by atoms with Gasteiger partial charge >= 0.3 is 5.97 Å². The lowest BCUT2D eigenvalue weighted by atomic mass is 10.1. The molecule has 5 nitrogen and oxygen atoms in total. The SMILES string of the molecule is CCc1ccc(NC(=O)CS(=O)CCCC(=O)O)cc1. The van der Waals surface area contributed by atoms with Gasteiger partial charge in [0.25, 0.3) is 0 Å². The minimum atomic E-state index is -1.32. The van der Waals surface area contributed by atoms with E-state index in [1.807, 2.05) is 31.2 Å². The Bertz CT molecular complexity index is 484. The van der Waals surface area contributed by atoms with E-state index in [0.29, 0.717) is 12.1 Å². The molecule has 1 rings (SSSR count). The molecule has 1 aromatic rings. The van der Waals surface area contributed by atoms with Crippen LogP contribution in [0.25, 0.3) is 0 Å². The van der Waals surface area contributed by atoms with Crippen molar-refractivity contribution in [3.05, 3.63) is 29.8 Å². The van der Waals surface area contributed by atoms with Crippen molar-refractivity contribution in [3.8, 4) is 0 Å². The van der Waals surface area contributed by atoms with Crippen LogP contribution < -0.4 is 5.32 Å². The Hall–Kier alpha value is -1.69. The van der Waals surface area contributed by atoms with Crippen molar-refractivity contribution in [2.45, 2.75) is 26.2 Å². The quantitative estimate of drug-likeness (QED) is 0.766. The second-order valence-electron chi connectivity index (χ2n) is 4.38. The fraction of sp³-hybridized carbons (Fsp3) is 0.429. The molecule has 1 amide bonds. The fourth-order valence-electron chi connectivity index (χ4n) is 1.62. The Morgan fingerprint density at radius 1 is 1.25 bits per heavy atom. The summed E-state index contributed by atoms with van der Waals surface area (Å²) in [5.74, 6) is -1.10. The average Bonchev–Trinajstić information content (AvgIpc) is 2.38. The van der Waals surface area contributed by atoms with Gasteiger partial charge in [0, 0.05) is 28.7 Å². The monoisotopic (exact) mass is 297 g/mol. The lowest BCUT2D eigenvalue weighted by Crippen LogP contribution is -2.21. The number of rotatable bonds is 8. The van der Waals surface area contributed by atoms with E-state index < -0.39 is 16.8 Å². The highest BCUT2D eigenvalue weighted by molar-refractivity contribution is 7.85. The summed E-state index contributed by atoms with van der Waals surface area (Å²) >= 11 is 0. The molecule has 2 N–H and O–H groups in total. The summed E-state index contributed by atoms with van der Waals surface area (Å²) in [6.07, 6.45) is 1.23. The molecule has 0 fully saturated rings. The van der Waals surface area contributed by atoms with Crippen LogP contribution in [0.3, 0.4) is 0 Å². The molecule has 0 aliphatic rings. The van der Waals surface area contributed by atoms with E-state index in [2.05, 4.69) is 5.32 Å². The molecule has 0 spiro atoms. The zero-order valence-electron chi connectivity index (χ0n) is 11.4. The third kappa shape index (κ3) is 6.47. The van der Waals surface area contributed by atoms with Crippen molar-refractivity contribution >= 4 is 28.4 Å². The average molecular weight is 297 g/mol. The third-order valence-corrected chi connectivity index (χ3v) is 4.03. The van der Waals surface area contributed by atoms with E-state index in [9.17, 15) is 13.8 Å². The molecule has 110 valence electrons. The fourth-order valence-corrected chi connectivity index (χ4v) is 2.60. The Balaban J connectivity index is 2.34. The van der Waals surface area contributed by atoms with Gasteiger partial charge in [-0.2, -0.15) is 0 Å². The highest BCUT2D eigenvalue weighted by Crippen LogP contribution is 2.10. The number of carbonyl (C=O) groups is 2. The molecule has 1 unspecified atom stereocenters. The molecule has 0 saturated carbocycles. The maximum Gasteiger partial charge on any atom is 0.303 e. The first-order valence-corrected chi connectivity index (χ1v) is 7.95. The summed E-state index contributed by atoms with van der Waals surface area (Å²) in [4.78, 5) is 22.0. The van der Waals surface area contributed by atoms with Crippen LogP contribution >= 0.6 is 0 Å². The van der Waals surface area contributed by atoms with Crippen molar-refractivity contribution < 1.29 is 18.9 Å². The van der Waals surface area contributed by atoms with Crippen LogP contribution in [0.1, 0.15) is 25.3 Å². The predicted octanol–water partition coefficient (Wildman–Crippen LogP) is 1.80.